The van der Waals surface area contributed by atoms with E-state index in [4.69, 9.17) is 4.42 Å². The van der Waals surface area contributed by atoms with Crippen LogP contribution in [0.5, 0.6) is 0 Å². The highest BCUT2D eigenvalue weighted by molar-refractivity contribution is 7.26. The lowest BCUT2D eigenvalue weighted by atomic mass is 9.33. The molecule has 93 heavy (non-hydrogen) atoms. The molecule has 19 rings (SSSR count). The smallest absolute Gasteiger partial charge is 0.252 e. The van der Waals surface area contributed by atoms with Gasteiger partial charge in [0.25, 0.3) is 6.71 Å². The van der Waals surface area contributed by atoms with Crippen LogP contribution in [0.2, 0.25) is 0 Å². The Kier molecular flexibility index (Phi) is 11.7. The Morgan fingerprint density at radius 1 is 0.387 bits per heavy atom. The van der Waals surface area contributed by atoms with Crippen LogP contribution < -0.4 is 36.0 Å². The first kappa shape index (κ1) is 55.4. The van der Waals surface area contributed by atoms with Crippen molar-refractivity contribution in [2.24, 2.45) is 0 Å². The maximum absolute atomic E-state index is 6.95. The summed E-state index contributed by atoms with van der Waals surface area (Å²) in [7, 11) is 0. The number of para-hydroxylation sites is 1. The highest BCUT2D eigenvalue weighted by Gasteiger charge is 2.60. The molecular formula is C86H75BN4OS. The Balaban J connectivity index is 0.949. The minimum Gasteiger partial charge on any atom is -0.456 e. The summed E-state index contributed by atoms with van der Waals surface area (Å²) in [5.74, 6) is 0. The Hall–Kier alpha value is -9.30. The predicted molar refractivity (Wildman–Crippen MR) is 396 cm³/mol. The van der Waals surface area contributed by atoms with E-state index in [1.165, 1.54) is 152 Å². The number of anilines is 10. The molecule has 2 saturated carbocycles. The van der Waals surface area contributed by atoms with Gasteiger partial charge >= 0.3 is 0 Å². The molecule has 0 bridgehead atoms. The molecule has 5 nitrogen and oxygen atoms in total. The van der Waals surface area contributed by atoms with E-state index in [1.54, 1.807) is 0 Å². The molecule has 0 amide bonds. The fourth-order valence-electron chi connectivity index (χ4n) is 19.0. The van der Waals surface area contributed by atoms with Crippen LogP contribution in [-0.2, 0) is 16.2 Å². The van der Waals surface area contributed by atoms with Gasteiger partial charge in [0.1, 0.15) is 11.2 Å². The van der Waals surface area contributed by atoms with Crippen molar-refractivity contribution >= 4 is 133 Å². The molecule has 6 heterocycles. The molecular weight excluding hydrogens is 1150 g/mol. The van der Waals surface area contributed by atoms with Gasteiger partial charge in [0, 0.05) is 81.9 Å². The number of benzene rings is 11. The van der Waals surface area contributed by atoms with Crippen molar-refractivity contribution in [2.45, 2.75) is 127 Å². The molecule has 2 aliphatic carbocycles. The van der Waals surface area contributed by atoms with E-state index in [0.717, 1.165) is 53.3 Å². The van der Waals surface area contributed by atoms with Crippen molar-refractivity contribution < 1.29 is 4.42 Å². The zero-order valence-corrected chi connectivity index (χ0v) is 55.1. The van der Waals surface area contributed by atoms with Crippen molar-refractivity contribution in [1.29, 1.82) is 0 Å². The Bertz CT molecular complexity index is 5290. The third-order valence-corrected chi connectivity index (χ3v) is 25.2. The van der Waals surface area contributed by atoms with Gasteiger partial charge < -0.3 is 24.0 Å². The highest BCUT2D eigenvalue weighted by atomic mass is 32.1. The van der Waals surface area contributed by atoms with E-state index < -0.39 is 0 Å². The molecule has 4 unspecified atom stereocenters. The van der Waals surface area contributed by atoms with Crippen LogP contribution >= 0.6 is 11.3 Å². The number of nitrogens with zero attached hydrogens (tertiary/aromatic N) is 4. The van der Waals surface area contributed by atoms with Crippen LogP contribution in [0.3, 0.4) is 0 Å². The Morgan fingerprint density at radius 3 is 1.59 bits per heavy atom. The minimum atomic E-state index is -0.256. The SMILES string of the molecule is CC(C)(C)c1ccc2c(c1)C1(C)CCCCC1(C)N2c1ccc2c(c1)N(c1cccc3oc4ccccc4c13)c1cc(N3c4ccc(-c5ccccc5)cc4C4(C)CCCCC34C)cc3c1B2c1ccc(-c2ccccc2)cc1N3c1cccc2sc3ccccc3c12. The molecule has 2 fully saturated rings. The number of hydrogen-bond donors (Lipinski definition) is 0. The van der Waals surface area contributed by atoms with E-state index in [2.05, 4.69) is 299 Å². The van der Waals surface area contributed by atoms with Crippen molar-refractivity contribution in [3.63, 3.8) is 0 Å². The molecule has 2 aromatic heterocycles. The van der Waals surface area contributed by atoms with Gasteiger partial charge in [0.05, 0.1) is 27.8 Å². The van der Waals surface area contributed by atoms with Gasteiger partial charge in [0.15, 0.2) is 0 Å². The first-order valence-electron chi connectivity index (χ1n) is 34.1. The quantitative estimate of drug-likeness (QED) is 0.155. The topological polar surface area (TPSA) is 26.1 Å². The lowest BCUT2D eigenvalue weighted by Crippen LogP contribution is -2.61. The first-order chi connectivity index (χ1) is 45.2. The van der Waals surface area contributed by atoms with Crippen LogP contribution in [-0.4, -0.2) is 17.8 Å². The first-order valence-corrected chi connectivity index (χ1v) is 34.9. The van der Waals surface area contributed by atoms with Crippen LogP contribution in [0.4, 0.5) is 56.9 Å². The van der Waals surface area contributed by atoms with Crippen LogP contribution in [0.1, 0.15) is 117 Å². The van der Waals surface area contributed by atoms with E-state index in [0.29, 0.717) is 0 Å². The van der Waals surface area contributed by atoms with E-state index in [1.807, 2.05) is 11.3 Å². The van der Waals surface area contributed by atoms with Crippen molar-refractivity contribution in [3.05, 3.63) is 247 Å². The zero-order valence-electron chi connectivity index (χ0n) is 54.3. The Morgan fingerprint density at radius 2 is 0.903 bits per heavy atom. The molecule has 454 valence electrons. The van der Waals surface area contributed by atoms with Gasteiger partial charge in [-0.15, -0.1) is 11.3 Å². The lowest BCUT2D eigenvalue weighted by Gasteiger charge is -2.51. The average Bonchev–Trinajstić information content (AvgIpc) is 1.68. The van der Waals surface area contributed by atoms with Gasteiger partial charge in [-0.3, -0.25) is 0 Å². The third kappa shape index (κ3) is 7.57. The summed E-state index contributed by atoms with van der Waals surface area (Å²) in [6.07, 6.45) is 9.27. The number of furan rings is 1. The number of hydrogen-bond acceptors (Lipinski definition) is 6. The second kappa shape index (κ2) is 19.6. The van der Waals surface area contributed by atoms with E-state index in [-0.39, 0.29) is 34.0 Å². The third-order valence-electron chi connectivity index (χ3n) is 24.1. The van der Waals surface area contributed by atoms with Crippen molar-refractivity contribution in [1.82, 2.24) is 0 Å². The average molecular weight is 1220 g/mol. The Labute approximate surface area is 550 Å². The monoisotopic (exact) mass is 1220 g/mol. The normalized spacial score (nSPS) is 21.9. The highest BCUT2D eigenvalue weighted by Crippen LogP contribution is 2.65. The number of thiophene rings is 1. The molecule has 0 spiro atoms. The summed E-state index contributed by atoms with van der Waals surface area (Å²) < 4.78 is 9.54. The van der Waals surface area contributed by atoms with Crippen molar-refractivity contribution in [2.75, 3.05) is 19.6 Å². The van der Waals surface area contributed by atoms with Crippen LogP contribution in [0.25, 0.3) is 64.4 Å². The standard InChI is InChI=1S/C86H75BN4OS/c1-82(2,3)58-38-43-68-64(50-58)84(5)45-19-20-46-85(84,6)90(68)59-39-41-66-72(51-59)88(69-30-22-33-76-79(69)61-28-14-16-32-75(61)92-76)73-52-60(91-67-42-37-56(54-24-10-8-11-25-54)48-63(67)83(4)44-18-21-47-86(83,91)7)53-74-81(73)87(66)65-40-36-57(55-26-12-9-13-27-55)49-71(65)89(74)70-31-23-35-78-80(70)62-29-15-17-34-77(62)93-78/h8-17,22-43,48-53H,18-21,44-47H2,1-7H3. The summed E-state index contributed by atoms with van der Waals surface area (Å²) in [5, 5.41) is 4.81. The van der Waals surface area contributed by atoms with Gasteiger partial charge in [-0.2, -0.15) is 0 Å². The summed E-state index contributed by atoms with van der Waals surface area (Å²) in [5.41, 5.74) is 26.6. The molecule has 11 aromatic carbocycles. The van der Waals surface area contributed by atoms with E-state index in [9.17, 15) is 0 Å². The molecule has 13 aromatic rings. The number of rotatable bonds is 6. The zero-order chi connectivity index (χ0) is 62.5. The van der Waals surface area contributed by atoms with Gasteiger partial charge in [-0.1, -0.05) is 206 Å². The fourth-order valence-corrected chi connectivity index (χ4v) is 20.1. The van der Waals surface area contributed by atoms with Crippen LogP contribution in [0.15, 0.2) is 235 Å². The maximum Gasteiger partial charge on any atom is 0.252 e. The summed E-state index contributed by atoms with van der Waals surface area (Å²) in [6, 6.07) is 89.0. The van der Waals surface area contributed by atoms with E-state index >= 15 is 0 Å². The van der Waals surface area contributed by atoms with Gasteiger partial charge in [0.2, 0.25) is 0 Å². The summed E-state index contributed by atoms with van der Waals surface area (Å²) in [4.78, 5) is 11.1. The molecule has 6 aliphatic rings. The van der Waals surface area contributed by atoms with Gasteiger partial charge in [-0.05, 0) is 185 Å². The second-order valence-electron chi connectivity index (χ2n) is 29.8. The lowest BCUT2D eigenvalue weighted by molar-refractivity contribution is 0.195. The molecule has 0 N–H and O–H groups in total. The van der Waals surface area contributed by atoms with Crippen LogP contribution in [0, 0.1) is 0 Å². The molecule has 4 atom stereocenters. The molecule has 4 aliphatic heterocycles. The fraction of sp³-hybridized carbons (Fsp3) is 0.233. The summed E-state index contributed by atoms with van der Waals surface area (Å²) >= 11 is 1.90. The van der Waals surface area contributed by atoms with Crippen molar-refractivity contribution in [3.8, 4) is 22.3 Å². The number of fused-ring (bicyclic) bond motifs is 16. The largest absolute Gasteiger partial charge is 0.456 e. The molecule has 0 saturated heterocycles. The molecule has 0 radical (unpaired) electrons. The predicted octanol–water partition coefficient (Wildman–Crippen LogP) is 22.2. The second-order valence-corrected chi connectivity index (χ2v) is 30.8. The molecule has 7 heteroatoms. The maximum atomic E-state index is 6.95. The minimum absolute atomic E-state index is 0.0204. The summed E-state index contributed by atoms with van der Waals surface area (Å²) in [6.45, 7) is 17.4. The van der Waals surface area contributed by atoms with Gasteiger partial charge in [-0.25, -0.2) is 0 Å².